The van der Waals surface area contributed by atoms with E-state index in [2.05, 4.69) is 21.1 Å². The SMILES string of the molecule is CC(N)(CO)[CH2][Au]. The molecule has 1 unspecified atom stereocenters. The molecule has 0 fully saturated rings. The molecule has 0 rings (SSSR count). The standard InChI is InChI=1S/C4H10NO.Au/c1-4(2,5)3-6;/h6H,1,3,5H2,2H3;. The zero-order valence-corrected chi connectivity index (χ0v) is 6.41. The number of aliphatic hydroxyl groups is 1. The van der Waals surface area contributed by atoms with Crippen LogP contribution in [0.4, 0.5) is 0 Å². The van der Waals surface area contributed by atoms with Crippen LogP contribution in [0.5, 0.6) is 0 Å². The third-order valence-corrected chi connectivity index (χ3v) is 2.35. The van der Waals surface area contributed by atoms with E-state index < -0.39 is 0 Å². The molecule has 0 spiro atoms. The van der Waals surface area contributed by atoms with Gasteiger partial charge in [0.1, 0.15) is 0 Å². The van der Waals surface area contributed by atoms with Gasteiger partial charge < -0.3 is 0 Å². The van der Waals surface area contributed by atoms with E-state index in [4.69, 9.17) is 10.8 Å². The fraction of sp³-hybridized carbons (Fsp3) is 1.00. The van der Waals surface area contributed by atoms with Crippen LogP contribution in [0.3, 0.4) is 0 Å². The molecule has 0 aromatic rings. The maximum absolute atomic E-state index is 8.46. The Kier molecular flexibility index (Phi) is 3.11. The molecular formula is C4H10AuNO. The van der Waals surface area contributed by atoms with E-state index in [0.717, 1.165) is 4.64 Å². The summed E-state index contributed by atoms with van der Waals surface area (Å²) in [7, 11) is 0. The molecule has 7 heavy (non-hydrogen) atoms. The summed E-state index contributed by atoms with van der Waals surface area (Å²) in [5, 5.41) is 8.46. The molecule has 0 heterocycles. The Balaban J connectivity index is 3.36. The van der Waals surface area contributed by atoms with Crippen LogP contribution in [-0.2, 0) is 21.1 Å². The average Bonchev–Trinajstić information content (AvgIpc) is 1.68. The summed E-state index contributed by atoms with van der Waals surface area (Å²) in [5.41, 5.74) is 5.07. The molecule has 48 valence electrons. The molecule has 0 radical (unpaired) electrons. The Morgan fingerprint density at radius 1 is 1.86 bits per heavy atom. The first-order chi connectivity index (χ1) is 3.12. The normalized spacial score (nSPS) is 19.0. The molecule has 0 aromatic carbocycles. The molecule has 0 aromatic heterocycles. The van der Waals surface area contributed by atoms with Crippen molar-refractivity contribution in [2.45, 2.75) is 17.1 Å². The van der Waals surface area contributed by atoms with Crippen molar-refractivity contribution < 1.29 is 26.2 Å². The van der Waals surface area contributed by atoms with Crippen LogP contribution in [0.15, 0.2) is 0 Å². The first kappa shape index (κ1) is 7.66. The molecule has 0 aliphatic carbocycles. The Hall–Kier alpha value is 0.660. The first-order valence-corrected chi connectivity index (χ1v) is 3.56. The van der Waals surface area contributed by atoms with Crippen molar-refractivity contribution in [3.8, 4) is 0 Å². The predicted octanol–water partition coefficient (Wildman–Crippen LogP) is -0.339. The molecule has 0 saturated heterocycles. The van der Waals surface area contributed by atoms with E-state index in [1.54, 1.807) is 0 Å². The van der Waals surface area contributed by atoms with Gasteiger partial charge in [-0.3, -0.25) is 0 Å². The van der Waals surface area contributed by atoms with Gasteiger partial charge in [-0.2, -0.15) is 0 Å². The molecule has 0 aliphatic rings. The van der Waals surface area contributed by atoms with Crippen LogP contribution >= 0.6 is 0 Å². The summed E-state index contributed by atoms with van der Waals surface area (Å²) in [4.78, 5) is 0. The molecule has 3 N–H and O–H groups in total. The quantitative estimate of drug-likeness (QED) is 0.682. The van der Waals surface area contributed by atoms with Crippen molar-refractivity contribution in [3.63, 3.8) is 0 Å². The molecule has 1 atom stereocenters. The van der Waals surface area contributed by atoms with Gasteiger partial charge >= 0.3 is 55.6 Å². The minimum absolute atomic E-state index is 0.0590. The second-order valence-electron chi connectivity index (χ2n) is 1.92. The zero-order chi connectivity index (χ0) is 5.91. The van der Waals surface area contributed by atoms with E-state index in [1.807, 2.05) is 6.92 Å². The van der Waals surface area contributed by atoms with Crippen molar-refractivity contribution in [2.24, 2.45) is 5.73 Å². The van der Waals surface area contributed by atoms with Gasteiger partial charge in [0.15, 0.2) is 0 Å². The first-order valence-electron chi connectivity index (χ1n) is 2.03. The fourth-order valence-electron chi connectivity index (χ4n) is 0.0337. The summed E-state index contributed by atoms with van der Waals surface area (Å²) < 4.78 is 0.767. The van der Waals surface area contributed by atoms with Crippen molar-refractivity contribution in [1.29, 1.82) is 0 Å². The van der Waals surface area contributed by atoms with Crippen LogP contribution in [0, 0.1) is 0 Å². The monoisotopic (exact) mass is 285 g/mol. The van der Waals surface area contributed by atoms with Gasteiger partial charge in [-0.05, 0) is 0 Å². The van der Waals surface area contributed by atoms with Crippen LogP contribution in [0.2, 0.25) is 4.64 Å². The third kappa shape index (κ3) is 3.26. The van der Waals surface area contributed by atoms with E-state index in [1.165, 1.54) is 0 Å². The average molecular weight is 285 g/mol. The second kappa shape index (κ2) is 2.85. The van der Waals surface area contributed by atoms with Crippen molar-refractivity contribution in [3.05, 3.63) is 0 Å². The topological polar surface area (TPSA) is 46.2 Å². The maximum atomic E-state index is 8.46. The summed E-state index contributed by atoms with van der Waals surface area (Å²) in [5.74, 6) is 0. The van der Waals surface area contributed by atoms with E-state index in [0.29, 0.717) is 0 Å². The Morgan fingerprint density at radius 2 is 2.29 bits per heavy atom. The number of nitrogens with two attached hydrogens (primary N) is 1. The molecule has 0 amide bonds. The zero-order valence-electron chi connectivity index (χ0n) is 4.24. The van der Waals surface area contributed by atoms with Crippen molar-refractivity contribution in [1.82, 2.24) is 0 Å². The Bertz CT molecular complexity index is 49.7. The summed E-state index contributed by atoms with van der Waals surface area (Å²) in [6, 6.07) is 0. The van der Waals surface area contributed by atoms with E-state index in [9.17, 15) is 0 Å². The summed E-state index contributed by atoms with van der Waals surface area (Å²) in [6.07, 6.45) is 0. The van der Waals surface area contributed by atoms with Gasteiger partial charge in [0.25, 0.3) is 0 Å². The third-order valence-electron chi connectivity index (χ3n) is 0.605. The van der Waals surface area contributed by atoms with Crippen molar-refractivity contribution in [2.75, 3.05) is 6.61 Å². The van der Waals surface area contributed by atoms with Crippen LogP contribution in [0.25, 0.3) is 0 Å². The van der Waals surface area contributed by atoms with Gasteiger partial charge in [0.05, 0.1) is 0 Å². The van der Waals surface area contributed by atoms with Gasteiger partial charge in [0, 0.05) is 0 Å². The van der Waals surface area contributed by atoms with Gasteiger partial charge in [-0.25, -0.2) is 0 Å². The Morgan fingerprint density at radius 3 is 2.29 bits per heavy atom. The van der Waals surface area contributed by atoms with Gasteiger partial charge in [0.2, 0.25) is 0 Å². The number of rotatable bonds is 2. The number of hydrogen-bond donors (Lipinski definition) is 2. The summed E-state index contributed by atoms with van der Waals surface area (Å²) in [6.45, 7) is 1.87. The number of aliphatic hydroxyl groups excluding tert-OH is 1. The van der Waals surface area contributed by atoms with E-state index in [-0.39, 0.29) is 12.1 Å². The molecular weight excluding hydrogens is 275 g/mol. The minimum atomic E-state index is -0.386. The molecule has 0 saturated carbocycles. The molecule has 3 heteroatoms. The van der Waals surface area contributed by atoms with E-state index >= 15 is 0 Å². The van der Waals surface area contributed by atoms with Crippen molar-refractivity contribution >= 4 is 0 Å². The molecule has 2 nitrogen and oxygen atoms in total. The van der Waals surface area contributed by atoms with Gasteiger partial charge in [-0.1, -0.05) is 0 Å². The molecule has 0 bridgehead atoms. The fourth-order valence-corrected chi connectivity index (χ4v) is 0.276. The van der Waals surface area contributed by atoms with Gasteiger partial charge in [-0.15, -0.1) is 0 Å². The summed E-state index contributed by atoms with van der Waals surface area (Å²) >= 11 is 2.31. The predicted molar refractivity (Wildman–Crippen MR) is 24.5 cm³/mol. The van der Waals surface area contributed by atoms with Crippen LogP contribution in [-0.4, -0.2) is 17.3 Å². The van der Waals surface area contributed by atoms with Crippen LogP contribution in [0.1, 0.15) is 6.92 Å². The van der Waals surface area contributed by atoms with Crippen LogP contribution < -0.4 is 5.73 Å². The second-order valence-corrected chi connectivity index (χ2v) is 2.68. The molecule has 0 aliphatic heterocycles. The Labute approximate surface area is 56.0 Å². The number of hydrogen-bond acceptors (Lipinski definition) is 2.